The van der Waals surface area contributed by atoms with Gasteiger partial charge in [0.25, 0.3) is 5.91 Å². The highest BCUT2D eigenvalue weighted by Crippen LogP contribution is 2.33. The lowest BCUT2D eigenvalue weighted by Gasteiger charge is -2.35. The molecule has 2 saturated heterocycles. The highest BCUT2D eigenvalue weighted by molar-refractivity contribution is 5.94. The molecule has 0 saturated carbocycles. The summed E-state index contributed by atoms with van der Waals surface area (Å²) >= 11 is 0. The first kappa shape index (κ1) is 19.2. The summed E-state index contributed by atoms with van der Waals surface area (Å²) in [7, 11) is 0. The zero-order valence-electron chi connectivity index (χ0n) is 17.4. The number of carbonyl (C=O) groups is 1. The van der Waals surface area contributed by atoms with Crippen LogP contribution in [-0.4, -0.2) is 61.8 Å². The number of nitrogens with zero attached hydrogens (tertiary/aromatic N) is 3. The summed E-state index contributed by atoms with van der Waals surface area (Å²) in [4.78, 5) is 19.7. The van der Waals surface area contributed by atoms with Crippen molar-refractivity contribution in [3.8, 4) is 11.5 Å². The van der Waals surface area contributed by atoms with Crippen LogP contribution < -0.4 is 14.4 Å². The lowest BCUT2D eigenvalue weighted by atomic mass is 10.1. The molecule has 0 aliphatic carbocycles. The molecule has 0 unspecified atom stereocenters. The molecule has 2 fully saturated rings. The summed E-state index contributed by atoms with van der Waals surface area (Å²) in [5.74, 6) is 1.79. The Bertz CT molecular complexity index is 885. The first-order valence-corrected chi connectivity index (χ1v) is 11.0. The van der Waals surface area contributed by atoms with E-state index in [9.17, 15) is 4.79 Å². The van der Waals surface area contributed by atoms with Gasteiger partial charge in [0.05, 0.1) is 0 Å². The van der Waals surface area contributed by atoms with Crippen molar-refractivity contribution >= 4 is 11.6 Å². The molecule has 0 aromatic heterocycles. The molecule has 3 heterocycles. The summed E-state index contributed by atoms with van der Waals surface area (Å²) in [6, 6.07) is 14.3. The van der Waals surface area contributed by atoms with Gasteiger partial charge in [0.1, 0.15) is 0 Å². The highest BCUT2D eigenvalue weighted by Gasteiger charge is 2.23. The van der Waals surface area contributed by atoms with E-state index in [0.29, 0.717) is 6.79 Å². The number of piperazine rings is 1. The van der Waals surface area contributed by atoms with Gasteiger partial charge in [0, 0.05) is 57.1 Å². The van der Waals surface area contributed by atoms with Crippen molar-refractivity contribution in [2.75, 3.05) is 51.0 Å². The molecule has 3 aliphatic heterocycles. The van der Waals surface area contributed by atoms with E-state index in [1.165, 1.54) is 30.5 Å². The first-order valence-electron chi connectivity index (χ1n) is 11.0. The molecule has 6 nitrogen and oxygen atoms in total. The van der Waals surface area contributed by atoms with Crippen LogP contribution in [0.3, 0.4) is 0 Å². The van der Waals surface area contributed by atoms with E-state index in [4.69, 9.17) is 9.47 Å². The number of rotatable bonds is 4. The number of fused-ring (bicyclic) bond motifs is 1. The summed E-state index contributed by atoms with van der Waals surface area (Å²) in [5, 5.41) is 0. The quantitative estimate of drug-likeness (QED) is 0.778. The van der Waals surface area contributed by atoms with Gasteiger partial charge in [-0.3, -0.25) is 9.69 Å². The van der Waals surface area contributed by atoms with E-state index in [1.54, 1.807) is 0 Å². The minimum Gasteiger partial charge on any atom is -0.454 e. The summed E-state index contributed by atoms with van der Waals surface area (Å²) in [6.07, 6.45) is 3.85. The molecule has 1 amide bonds. The van der Waals surface area contributed by atoms with Crippen molar-refractivity contribution in [1.82, 2.24) is 9.80 Å². The second-order valence-electron chi connectivity index (χ2n) is 8.35. The minimum atomic E-state index is 0.142. The topological polar surface area (TPSA) is 45.3 Å². The largest absolute Gasteiger partial charge is 0.454 e. The third-order valence-corrected chi connectivity index (χ3v) is 6.34. The molecular weight excluding hydrogens is 378 g/mol. The summed E-state index contributed by atoms with van der Waals surface area (Å²) in [5.41, 5.74) is 3.24. The van der Waals surface area contributed by atoms with Crippen molar-refractivity contribution in [1.29, 1.82) is 0 Å². The highest BCUT2D eigenvalue weighted by atomic mass is 16.7. The Balaban J connectivity index is 1.15. The fourth-order valence-corrected chi connectivity index (χ4v) is 4.56. The average Bonchev–Trinajstić information content (AvgIpc) is 3.28. The number of benzene rings is 2. The Labute approximate surface area is 178 Å². The second-order valence-corrected chi connectivity index (χ2v) is 8.35. The lowest BCUT2D eigenvalue weighted by Crippen LogP contribution is -2.48. The smallest absolute Gasteiger partial charge is 0.253 e. The Kier molecular flexibility index (Phi) is 5.49. The Morgan fingerprint density at radius 1 is 0.800 bits per heavy atom. The Morgan fingerprint density at radius 3 is 2.30 bits per heavy atom. The predicted molar refractivity (Wildman–Crippen MR) is 116 cm³/mol. The third-order valence-electron chi connectivity index (χ3n) is 6.34. The van der Waals surface area contributed by atoms with Crippen molar-refractivity contribution < 1.29 is 14.3 Å². The van der Waals surface area contributed by atoms with Gasteiger partial charge in [-0.25, -0.2) is 0 Å². The molecular formula is C24H29N3O3. The van der Waals surface area contributed by atoms with Crippen LogP contribution in [0.15, 0.2) is 42.5 Å². The fourth-order valence-electron chi connectivity index (χ4n) is 4.56. The number of anilines is 1. The van der Waals surface area contributed by atoms with Gasteiger partial charge >= 0.3 is 0 Å². The minimum absolute atomic E-state index is 0.142. The molecule has 0 radical (unpaired) electrons. The van der Waals surface area contributed by atoms with Crippen LogP contribution in [0.4, 0.5) is 5.69 Å². The first-order chi connectivity index (χ1) is 14.8. The van der Waals surface area contributed by atoms with Gasteiger partial charge in [-0.05, 0) is 61.2 Å². The van der Waals surface area contributed by atoms with Gasteiger partial charge in [-0.1, -0.05) is 6.07 Å². The van der Waals surface area contributed by atoms with Crippen LogP contribution in [0.1, 0.15) is 35.2 Å². The molecule has 5 rings (SSSR count). The van der Waals surface area contributed by atoms with E-state index in [-0.39, 0.29) is 5.91 Å². The standard InChI is InChI=1S/C24H29N3O3/c28-24(20-5-7-21(8-6-20)26-10-2-1-3-11-26)27-14-12-25(13-15-27)17-19-4-9-22-23(16-19)30-18-29-22/h4-9,16H,1-3,10-15,17-18H2. The molecule has 2 aromatic carbocycles. The average molecular weight is 408 g/mol. The van der Waals surface area contributed by atoms with Crippen LogP contribution in [0.25, 0.3) is 0 Å². The van der Waals surface area contributed by atoms with Crippen LogP contribution in [0.2, 0.25) is 0 Å². The van der Waals surface area contributed by atoms with Crippen LogP contribution in [0.5, 0.6) is 11.5 Å². The second kappa shape index (κ2) is 8.56. The van der Waals surface area contributed by atoms with Crippen LogP contribution in [-0.2, 0) is 6.54 Å². The molecule has 0 bridgehead atoms. The van der Waals surface area contributed by atoms with Gasteiger partial charge in [0.2, 0.25) is 6.79 Å². The lowest BCUT2D eigenvalue weighted by molar-refractivity contribution is 0.0628. The molecule has 3 aliphatic rings. The zero-order chi connectivity index (χ0) is 20.3. The van der Waals surface area contributed by atoms with Gasteiger partial charge < -0.3 is 19.3 Å². The molecule has 0 spiro atoms. The summed E-state index contributed by atoms with van der Waals surface area (Å²) < 4.78 is 10.9. The van der Waals surface area contributed by atoms with Crippen molar-refractivity contribution in [2.45, 2.75) is 25.8 Å². The van der Waals surface area contributed by atoms with Crippen molar-refractivity contribution in [2.24, 2.45) is 0 Å². The fraction of sp³-hybridized carbons (Fsp3) is 0.458. The molecule has 2 aromatic rings. The maximum absolute atomic E-state index is 12.9. The third kappa shape index (κ3) is 4.10. The van der Waals surface area contributed by atoms with Gasteiger partial charge in [-0.15, -0.1) is 0 Å². The zero-order valence-corrected chi connectivity index (χ0v) is 17.4. The Morgan fingerprint density at radius 2 is 1.53 bits per heavy atom. The predicted octanol–water partition coefficient (Wildman–Crippen LogP) is 3.36. The Hall–Kier alpha value is -2.73. The molecule has 158 valence electrons. The van der Waals surface area contributed by atoms with Gasteiger partial charge in [-0.2, -0.15) is 0 Å². The SMILES string of the molecule is O=C(c1ccc(N2CCCCC2)cc1)N1CCN(Cc2ccc3c(c2)OCO3)CC1. The van der Waals surface area contributed by atoms with Crippen molar-refractivity contribution in [3.63, 3.8) is 0 Å². The maximum Gasteiger partial charge on any atom is 0.253 e. The van der Waals surface area contributed by atoms with Crippen molar-refractivity contribution in [3.05, 3.63) is 53.6 Å². The number of hydrogen-bond acceptors (Lipinski definition) is 5. The normalized spacial score (nSPS) is 19.2. The molecule has 6 heteroatoms. The number of piperidine rings is 1. The number of hydrogen-bond donors (Lipinski definition) is 0. The number of ether oxygens (including phenoxy) is 2. The monoisotopic (exact) mass is 407 g/mol. The summed E-state index contributed by atoms with van der Waals surface area (Å²) in [6.45, 7) is 6.70. The van der Waals surface area contributed by atoms with E-state index < -0.39 is 0 Å². The van der Waals surface area contributed by atoms with Crippen LogP contribution in [0, 0.1) is 0 Å². The van der Waals surface area contributed by atoms with Gasteiger partial charge in [0.15, 0.2) is 11.5 Å². The van der Waals surface area contributed by atoms with E-state index in [1.807, 2.05) is 23.1 Å². The van der Waals surface area contributed by atoms with E-state index in [0.717, 1.165) is 62.9 Å². The molecule has 0 atom stereocenters. The number of carbonyl (C=O) groups excluding carboxylic acids is 1. The number of amides is 1. The maximum atomic E-state index is 12.9. The van der Waals surface area contributed by atoms with E-state index >= 15 is 0 Å². The molecule has 30 heavy (non-hydrogen) atoms. The van der Waals surface area contributed by atoms with E-state index in [2.05, 4.69) is 34.1 Å². The van der Waals surface area contributed by atoms with Crippen LogP contribution >= 0.6 is 0 Å². The molecule has 0 N–H and O–H groups in total.